The molecule has 0 bridgehead atoms. The zero-order chi connectivity index (χ0) is 25.1. The highest BCUT2D eigenvalue weighted by atomic mass is 16.6. The van der Waals surface area contributed by atoms with Gasteiger partial charge in [0.15, 0.2) is 24.4 Å². The predicted molar refractivity (Wildman–Crippen MR) is 122 cm³/mol. The maximum atomic E-state index is 12.1. The van der Waals surface area contributed by atoms with Gasteiger partial charge in [0, 0.05) is 19.3 Å². The van der Waals surface area contributed by atoms with Crippen LogP contribution in [0.1, 0.15) is 59.3 Å². The summed E-state index contributed by atoms with van der Waals surface area (Å²) >= 11 is 0. The van der Waals surface area contributed by atoms with Crippen molar-refractivity contribution in [1.82, 2.24) is 0 Å². The molecule has 3 N–H and O–H groups in total. The molecule has 0 heterocycles. The highest BCUT2D eigenvalue weighted by Crippen LogP contribution is 2.07. The summed E-state index contributed by atoms with van der Waals surface area (Å²) < 4.78 is 15.1. The van der Waals surface area contributed by atoms with Crippen LogP contribution >= 0.6 is 0 Å². The van der Waals surface area contributed by atoms with Gasteiger partial charge in [0.25, 0.3) is 0 Å². The quantitative estimate of drug-likeness (QED) is 0.166. The van der Waals surface area contributed by atoms with Crippen LogP contribution in [0.5, 0.6) is 0 Å². The number of hydrogen-bond donors (Lipinski definition) is 3. The summed E-state index contributed by atoms with van der Waals surface area (Å²) in [7, 11) is 0. The number of rotatable bonds is 17. The van der Waals surface area contributed by atoms with Crippen LogP contribution in [-0.2, 0) is 28.6 Å². The third-order valence-corrected chi connectivity index (χ3v) is 4.21. The summed E-state index contributed by atoms with van der Waals surface area (Å²) in [5.41, 5.74) is 0. The summed E-state index contributed by atoms with van der Waals surface area (Å²) in [6, 6.07) is 0. The number of ether oxygens (including phenoxy) is 3. The second-order valence-corrected chi connectivity index (χ2v) is 7.21. The molecule has 0 rings (SSSR count). The first kappa shape index (κ1) is 30.5. The average Bonchev–Trinajstić information content (AvgIpc) is 2.80. The predicted octanol–water partition coefficient (Wildman–Crippen LogP) is 2.14. The number of carbonyl (C=O) groups is 3. The van der Waals surface area contributed by atoms with Crippen LogP contribution in [0, 0.1) is 0 Å². The highest BCUT2D eigenvalue weighted by Gasteiger charge is 2.26. The molecule has 0 aromatic rings. The van der Waals surface area contributed by atoms with Gasteiger partial charge < -0.3 is 29.5 Å². The van der Waals surface area contributed by atoms with E-state index in [2.05, 4.69) is 0 Å². The Hall–Kier alpha value is -2.49. The Morgan fingerprint density at radius 1 is 0.606 bits per heavy atom. The van der Waals surface area contributed by atoms with Crippen molar-refractivity contribution in [3.05, 3.63) is 36.5 Å². The monoisotopic (exact) mass is 470 g/mol. The van der Waals surface area contributed by atoms with Crippen LogP contribution in [0.3, 0.4) is 0 Å². The minimum absolute atomic E-state index is 0.0317. The lowest BCUT2D eigenvalue weighted by Crippen LogP contribution is -2.37. The molecule has 188 valence electrons. The SMILES string of the molecule is CCC=CCC(O)C(=O)OCC(COC(=O)C(O)CC=CCC)OC(=O)C(O)CC=CCC. The number of hydrogen-bond acceptors (Lipinski definition) is 9. The molecule has 0 aliphatic rings. The lowest BCUT2D eigenvalue weighted by atomic mass is 10.2. The summed E-state index contributed by atoms with van der Waals surface area (Å²) in [5, 5.41) is 29.6. The van der Waals surface area contributed by atoms with Crippen molar-refractivity contribution in [3.8, 4) is 0 Å². The van der Waals surface area contributed by atoms with E-state index in [1.165, 1.54) is 0 Å². The molecule has 3 atom stereocenters. The van der Waals surface area contributed by atoms with Crippen LogP contribution in [0.4, 0.5) is 0 Å². The van der Waals surface area contributed by atoms with Gasteiger partial charge in [0.05, 0.1) is 0 Å². The zero-order valence-electron chi connectivity index (χ0n) is 19.7. The molecule has 3 unspecified atom stereocenters. The van der Waals surface area contributed by atoms with Crippen molar-refractivity contribution in [2.45, 2.75) is 83.7 Å². The van der Waals surface area contributed by atoms with E-state index in [1.807, 2.05) is 20.8 Å². The second-order valence-electron chi connectivity index (χ2n) is 7.21. The average molecular weight is 471 g/mol. The molecule has 0 aromatic heterocycles. The molecular formula is C24H38O9. The molecule has 0 fully saturated rings. The van der Waals surface area contributed by atoms with E-state index in [1.54, 1.807) is 36.5 Å². The largest absolute Gasteiger partial charge is 0.460 e. The van der Waals surface area contributed by atoms with E-state index in [4.69, 9.17) is 14.2 Å². The fourth-order valence-electron chi connectivity index (χ4n) is 2.37. The van der Waals surface area contributed by atoms with E-state index < -0.39 is 55.5 Å². The van der Waals surface area contributed by atoms with Crippen LogP contribution in [0.2, 0.25) is 0 Å². The summed E-state index contributed by atoms with van der Waals surface area (Å²) in [5.74, 6) is -2.84. The molecule has 0 aromatic carbocycles. The molecule has 0 aliphatic heterocycles. The van der Waals surface area contributed by atoms with E-state index in [-0.39, 0.29) is 19.3 Å². The van der Waals surface area contributed by atoms with Gasteiger partial charge in [0.1, 0.15) is 13.2 Å². The molecule has 0 radical (unpaired) electrons. The van der Waals surface area contributed by atoms with Crippen molar-refractivity contribution >= 4 is 17.9 Å². The van der Waals surface area contributed by atoms with Crippen molar-refractivity contribution in [2.75, 3.05) is 13.2 Å². The normalized spacial score (nSPS) is 15.5. The Labute approximate surface area is 195 Å². The number of aliphatic hydroxyl groups is 3. The van der Waals surface area contributed by atoms with Crippen molar-refractivity contribution in [3.63, 3.8) is 0 Å². The number of esters is 3. The fraction of sp³-hybridized carbons (Fsp3) is 0.625. The molecule has 9 heteroatoms. The third-order valence-electron chi connectivity index (χ3n) is 4.21. The number of carbonyl (C=O) groups excluding carboxylic acids is 3. The number of aliphatic hydroxyl groups excluding tert-OH is 3. The van der Waals surface area contributed by atoms with Gasteiger partial charge in [0.2, 0.25) is 0 Å². The van der Waals surface area contributed by atoms with E-state index in [0.29, 0.717) is 0 Å². The minimum Gasteiger partial charge on any atom is -0.460 e. The van der Waals surface area contributed by atoms with Crippen molar-refractivity contribution < 1.29 is 43.9 Å². The molecular weight excluding hydrogens is 432 g/mol. The number of allylic oxidation sites excluding steroid dienone is 3. The van der Waals surface area contributed by atoms with Crippen LogP contribution < -0.4 is 0 Å². The molecule has 0 spiro atoms. The van der Waals surface area contributed by atoms with Crippen molar-refractivity contribution in [1.29, 1.82) is 0 Å². The lowest BCUT2D eigenvalue weighted by molar-refractivity contribution is -0.176. The van der Waals surface area contributed by atoms with Gasteiger partial charge in [-0.2, -0.15) is 0 Å². The van der Waals surface area contributed by atoms with Gasteiger partial charge in [-0.3, -0.25) is 0 Å². The standard InChI is InChI=1S/C24H38O9/c1-4-7-10-13-19(25)22(28)31-16-18(33-24(30)21(27)15-12-9-6-3)17-32-23(29)20(26)14-11-8-5-2/h7-12,18-21,25-27H,4-6,13-17H2,1-3H3. The molecule has 0 saturated carbocycles. The zero-order valence-corrected chi connectivity index (χ0v) is 19.7. The topological polar surface area (TPSA) is 140 Å². The maximum absolute atomic E-state index is 12.1. The fourth-order valence-corrected chi connectivity index (χ4v) is 2.37. The maximum Gasteiger partial charge on any atom is 0.335 e. The minimum atomic E-state index is -1.45. The van der Waals surface area contributed by atoms with Crippen LogP contribution in [0.25, 0.3) is 0 Å². The summed E-state index contributed by atoms with van der Waals surface area (Å²) in [4.78, 5) is 36.1. The van der Waals surface area contributed by atoms with Gasteiger partial charge >= 0.3 is 17.9 Å². The van der Waals surface area contributed by atoms with Gasteiger partial charge in [-0.15, -0.1) is 0 Å². The van der Waals surface area contributed by atoms with Gasteiger partial charge in [-0.25, -0.2) is 14.4 Å². The van der Waals surface area contributed by atoms with Crippen LogP contribution in [0.15, 0.2) is 36.5 Å². The van der Waals surface area contributed by atoms with Crippen LogP contribution in [-0.4, -0.2) is 70.9 Å². The summed E-state index contributed by atoms with van der Waals surface area (Å²) in [6.45, 7) is 4.71. The van der Waals surface area contributed by atoms with E-state index in [9.17, 15) is 29.7 Å². The molecule has 0 aliphatic carbocycles. The molecule has 0 saturated heterocycles. The third kappa shape index (κ3) is 15.1. The van der Waals surface area contributed by atoms with E-state index >= 15 is 0 Å². The molecule has 33 heavy (non-hydrogen) atoms. The Balaban J connectivity index is 4.96. The first-order valence-electron chi connectivity index (χ1n) is 11.3. The summed E-state index contributed by atoms with van der Waals surface area (Å²) in [6.07, 6.45) is 7.18. The molecule has 0 amide bonds. The Morgan fingerprint density at radius 3 is 1.27 bits per heavy atom. The van der Waals surface area contributed by atoms with Gasteiger partial charge in [-0.1, -0.05) is 57.2 Å². The van der Waals surface area contributed by atoms with E-state index in [0.717, 1.165) is 19.3 Å². The Morgan fingerprint density at radius 2 is 0.939 bits per heavy atom. The Bertz CT molecular complexity index is 616. The first-order valence-corrected chi connectivity index (χ1v) is 11.3. The Kier molecular flexibility index (Phi) is 17.6. The highest BCUT2D eigenvalue weighted by molar-refractivity contribution is 5.76. The molecule has 9 nitrogen and oxygen atoms in total. The van der Waals surface area contributed by atoms with Crippen molar-refractivity contribution in [2.24, 2.45) is 0 Å². The second kappa shape index (κ2) is 19.0. The first-order chi connectivity index (χ1) is 15.8. The van der Waals surface area contributed by atoms with Gasteiger partial charge in [-0.05, 0) is 19.3 Å². The smallest absolute Gasteiger partial charge is 0.335 e. The lowest BCUT2D eigenvalue weighted by Gasteiger charge is -2.20.